The van der Waals surface area contributed by atoms with E-state index in [1.807, 2.05) is 6.92 Å². The lowest BCUT2D eigenvalue weighted by Gasteiger charge is -2.36. The summed E-state index contributed by atoms with van der Waals surface area (Å²) in [7, 11) is 1.64. The van der Waals surface area contributed by atoms with Crippen molar-refractivity contribution in [3.05, 3.63) is 0 Å². The molecule has 0 radical (unpaired) electrons. The minimum Gasteiger partial charge on any atom is -0.481 e. The number of likely N-dealkylation sites (tertiary alicyclic amines) is 1. The molecule has 1 aliphatic heterocycles. The number of carboxylic acid groups (broad SMARTS) is 1. The van der Waals surface area contributed by atoms with Crippen LogP contribution in [0.1, 0.15) is 32.6 Å². The summed E-state index contributed by atoms with van der Waals surface area (Å²) in [5.74, 6) is -0.795. The standard InChI is InChI=1S/C14H23NO4/c1-10-7-11(12(16)17)9-15(8-10)13(18)14(3-4-14)5-6-19-2/h10-11H,3-9H2,1-2H3,(H,16,17). The number of amides is 1. The van der Waals surface area contributed by atoms with Crippen molar-refractivity contribution >= 4 is 11.9 Å². The van der Waals surface area contributed by atoms with Crippen LogP contribution in [-0.2, 0) is 14.3 Å². The number of hydrogen-bond acceptors (Lipinski definition) is 3. The van der Waals surface area contributed by atoms with Crippen molar-refractivity contribution in [3.63, 3.8) is 0 Å². The monoisotopic (exact) mass is 269 g/mol. The van der Waals surface area contributed by atoms with Gasteiger partial charge in [-0.2, -0.15) is 0 Å². The summed E-state index contributed by atoms with van der Waals surface area (Å²) in [5.41, 5.74) is -0.254. The number of hydrogen-bond donors (Lipinski definition) is 1. The molecule has 108 valence electrons. The fraction of sp³-hybridized carbons (Fsp3) is 0.857. The predicted octanol–water partition coefficient (Wildman–Crippen LogP) is 1.37. The van der Waals surface area contributed by atoms with Gasteiger partial charge in [-0.15, -0.1) is 0 Å². The lowest BCUT2D eigenvalue weighted by atomic mass is 9.89. The Balaban J connectivity index is 2.00. The first-order valence-corrected chi connectivity index (χ1v) is 6.99. The zero-order valence-electron chi connectivity index (χ0n) is 11.7. The fourth-order valence-corrected chi connectivity index (χ4v) is 3.05. The highest BCUT2D eigenvalue weighted by molar-refractivity contribution is 5.86. The van der Waals surface area contributed by atoms with Gasteiger partial charge in [-0.05, 0) is 31.6 Å². The zero-order valence-corrected chi connectivity index (χ0v) is 11.7. The molecule has 1 N–H and O–H groups in total. The smallest absolute Gasteiger partial charge is 0.308 e. The maximum atomic E-state index is 12.6. The van der Waals surface area contributed by atoms with Gasteiger partial charge in [0, 0.05) is 26.8 Å². The van der Waals surface area contributed by atoms with Crippen LogP contribution in [0.4, 0.5) is 0 Å². The molecule has 2 unspecified atom stereocenters. The van der Waals surface area contributed by atoms with E-state index in [0.29, 0.717) is 26.1 Å². The van der Waals surface area contributed by atoms with Crippen LogP contribution in [-0.4, -0.2) is 48.7 Å². The number of rotatable bonds is 5. The number of nitrogens with zero attached hydrogens (tertiary/aromatic N) is 1. The molecule has 0 spiro atoms. The van der Waals surface area contributed by atoms with Crippen LogP contribution in [0.5, 0.6) is 0 Å². The minimum absolute atomic E-state index is 0.141. The molecule has 1 amide bonds. The van der Waals surface area contributed by atoms with Gasteiger partial charge in [0.2, 0.25) is 5.91 Å². The van der Waals surface area contributed by atoms with Gasteiger partial charge in [0.05, 0.1) is 11.3 Å². The van der Waals surface area contributed by atoms with E-state index in [2.05, 4.69) is 0 Å². The average Bonchev–Trinajstić information content (AvgIpc) is 3.15. The summed E-state index contributed by atoms with van der Waals surface area (Å²) >= 11 is 0. The van der Waals surface area contributed by atoms with Crippen molar-refractivity contribution in [1.29, 1.82) is 0 Å². The summed E-state index contributed by atoms with van der Waals surface area (Å²) in [6, 6.07) is 0. The Kier molecular flexibility index (Phi) is 4.13. The second kappa shape index (κ2) is 5.49. The largest absolute Gasteiger partial charge is 0.481 e. The average molecular weight is 269 g/mol. The van der Waals surface area contributed by atoms with E-state index in [-0.39, 0.29) is 17.2 Å². The van der Waals surface area contributed by atoms with Gasteiger partial charge in [0.15, 0.2) is 0 Å². The normalized spacial score (nSPS) is 29.1. The predicted molar refractivity (Wildman–Crippen MR) is 69.6 cm³/mol. The number of aliphatic carboxylic acids is 1. The van der Waals surface area contributed by atoms with Crippen molar-refractivity contribution in [1.82, 2.24) is 4.90 Å². The lowest BCUT2D eigenvalue weighted by Crippen LogP contribution is -2.48. The van der Waals surface area contributed by atoms with E-state index in [1.54, 1.807) is 12.0 Å². The number of carbonyl (C=O) groups is 2. The Morgan fingerprint density at radius 2 is 2.05 bits per heavy atom. The molecule has 5 heteroatoms. The Hall–Kier alpha value is -1.10. The summed E-state index contributed by atoms with van der Waals surface area (Å²) in [6.45, 7) is 3.67. The number of carbonyl (C=O) groups excluding carboxylic acids is 1. The Morgan fingerprint density at radius 1 is 1.37 bits per heavy atom. The van der Waals surface area contributed by atoms with Gasteiger partial charge < -0.3 is 14.7 Å². The molecule has 1 heterocycles. The summed E-state index contributed by atoms with van der Waals surface area (Å²) in [6.07, 6.45) is 3.25. The first-order chi connectivity index (χ1) is 8.98. The summed E-state index contributed by atoms with van der Waals surface area (Å²) in [4.78, 5) is 25.5. The molecule has 1 aliphatic carbocycles. The molecule has 5 nitrogen and oxygen atoms in total. The third-order valence-electron chi connectivity index (χ3n) is 4.39. The Labute approximate surface area is 113 Å². The fourth-order valence-electron chi connectivity index (χ4n) is 3.05. The molecule has 0 aromatic heterocycles. The maximum absolute atomic E-state index is 12.6. The van der Waals surface area contributed by atoms with Crippen LogP contribution in [0.3, 0.4) is 0 Å². The van der Waals surface area contributed by atoms with E-state index >= 15 is 0 Å². The van der Waals surface area contributed by atoms with E-state index in [9.17, 15) is 9.59 Å². The minimum atomic E-state index is -0.786. The van der Waals surface area contributed by atoms with Crippen LogP contribution in [0.15, 0.2) is 0 Å². The molecule has 1 saturated heterocycles. The molecular weight excluding hydrogens is 246 g/mol. The zero-order chi connectivity index (χ0) is 14.0. The molecule has 0 bridgehead atoms. The first kappa shape index (κ1) is 14.3. The number of methoxy groups -OCH3 is 1. The second-order valence-corrected chi connectivity index (χ2v) is 6.11. The van der Waals surface area contributed by atoms with Crippen molar-refractivity contribution in [2.45, 2.75) is 32.6 Å². The van der Waals surface area contributed by atoms with Crippen LogP contribution >= 0.6 is 0 Å². The van der Waals surface area contributed by atoms with Gasteiger partial charge in [-0.25, -0.2) is 0 Å². The molecule has 19 heavy (non-hydrogen) atoms. The van der Waals surface area contributed by atoms with E-state index in [0.717, 1.165) is 19.3 Å². The Morgan fingerprint density at radius 3 is 2.58 bits per heavy atom. The van der Waals surface area contributed by atoms with E-state index in [4.69, 9.17) is 9.84 Å². The molecule has 0 aromatic rings. The molecule has 1 saturated carbocycles. The molecule has 2 atom stereocenters. The highest BCUT2D eigenvalue weighted by Gasteiger charge is 2.52. The molecule has 0 aromatic carbocycles. The van der Waals surface area contributed by atoms with Gasteiger partial charge in [0.25, 0.3) is 0 Å². The first-order valence-electron chi connectivity index (χ1n) is 6.99. The summed E-state index contributed by atoms with van der Waals surface area (Å²) in [5, 5.41) is 9.16. The molecule has 2 rings (SSSR count). The quantitative estimate of drug-likeness (QED) is 0.818. The SMILES string of the molecule is COCCC1(C(=O)N2CC(C)CC(C(=O)O)C2)CC1. The van der Waals surface area contributed by atoms with Crippen LogP contribution in [0, 0.1) is 17.3 Å². The topological polar surface area (TPSA) is 66.8 Å². The highest BCUT2D eigenvalue weighted by atomic mass is 16.5. The summed E-state index contributed by atoms with van der Waals surface area (Å²) < 4.78 is 5.07. The van der Waals surface area contributed by atoms with Gasteiger partial charge in [0.1, 0.15) is 0 Å². The van der Waals surface area contributed by atoms with E-state index < -0.39 is 11.9 Å². The Bertz CT molecular complexity index is 364. The number of piperidine rings is 1. The van der Waals surface area contributed by atoms with Gasteiger partial charge in [-0.1, -0.05) is 6.92 Å². The van der Waals surface area contributed by atoms with Crippen molar-refractivity contribution < 1.29 is 19.4 Å². The third kappa shape index (κ3) is 3.08. The van der Waals surface area contributed by atoms with Crippen LogP contribution in [0.25, 0.3) is 0 Å². The molecule has 2 fully saturated rings. The van der Waals surface area contributed by atoms with Crippen LogP contribution < -0.4 is 0 Å². The van der Waals surface area contributed by atoms with Crippen LogP contribution in [0.2, 0.25) is 0 Å². The highest BCUT2D eigenvalue weighted by Crippen LogP contribution is 2.50. The molecular formula is C14H23NO4. The molecule has 2 aliphatic rings. The second-order valence-electron chi connectivity index (χ2n) is 6.11. The maximum Gasteiger partial charge on any atom is 0.308 e. The van der Waals surface area contributed by atoms with Crippen molar-refractivity contribution in [2.24, 2.45) is 17.3 Å². The number of ether oxygens (including phenoxy) is 1. The van der Waals surface area contributed by atoms with E-state index in [1.165, 1.54) is 0 Å². The van der Waals surface area contributed by atoms with Gasteiger partial charge in [-0.3, -0.25) is 9.59 Å². The number of carboxylic acids is 1. The van der Waals surface area contributed by atoms with Crippen molar-refractivity contribution in [3.8, 4) is 0 Å². The van der Waals surface area contributed by atoms with Crippen molar-refractivity contribution in [2.75, 3.05) is 26.8 Å². The third-order valence-corrected chi connectivity index (χ3v) is 4.39. The van der Waals surface area contributed by atoms with Gasteiger partial charge >= 0.3 is 5.97 Å². The lowest BCUT2D eigenvalue weighted by molar-refractivity contribution is -0.149.